The Bertz CT molecular complexity index is 312. The van der Waals surface area contributed by atoms with E-state index < -0.39 is 0 Å². The first kappa shape index (κ1) is 10.5. The van der Waals surface area contributed by atoms with Crippen LogP contribution in [0.2, 0.25) is 0 Å². The van der Waals surface area contributed by atoms with E-state index in [1.807, 2.05) is 0 Å². The van der Waals surface area contributed by atoms with Gasteiger partial charge in [-0.1, -0.05) is 61.2 Å². The maximum absolute atomic E-state index is 2.41. The molecule has 0 aromatic heterocycles. The predicted molar refractivity (Wildman–Crippen MR) is 66.8 cm³/mol. The summed E-state index contributed by atoms with van der Waals surface area (Å²) in [7, 11) is 0. The third-order valence-electron chi connectivity index (χ3n) is 3.29. The second kappa shape index (κ2) is 5.16. The maximum atomic E-state index is 2.41. The molecule has 0 unspecified atom stereocenters. The zero-order valence-electron chi connectivity index (χ0n) is 9.58. The normalized spacial score (nSPS) is 18.5. The molecule has 0 nitrogen and oxygen atoms in total. The van der Waals surface area contributed by atoms with Crippen molar-refractivity contribution >= 4 is 6.08 Å². The molecule has 0 amide bonds. The number of hydrogen-bond acceptors (Lipinski definition) is 0. The summed E-state index contributed by atoms with van der Waals surface area (Å²) in [6, 6.07) is 8.77. The van der Waals surface area contributed by atoms with Crippen LogP contribution in [0, 0.1) is 12.8 Å². The fourth-order valence-corrected chi connectivity index (χ4v) is 2.25. The molecular weight excluding hydrogens is 180 g/mol. The Kier molecular flexibility index (Phi) is 3.60. The molecule has 1 aliphatic carbocycles. The largest absolute Gasteiger partial charge is 0.0808 e. The standard InChI is InChI=1S/C15H20/c1-13-7-9-15(10-8-13)12-11-14-5-3-2-4-6-14/h7-12,14H,2-6H2,1H3. The first-order valence-electron chi connectivity index (χ1n) is 6.09. The van der Waals surface area contributed by atoms with Gasteiger partial charge in [-0.05, 0) is 31.2 Å². The van der Waals surface area contributed by atoms with Gasteiger partial charge < -0.3 is 0 Å². The van der Waals surface area contributed by atoms with Gasteiger partial charge in [0.2, 0.25) is 0 Å². The molecule has 0 spiro atoms. The van der Waals surface area contributed by atoms with Gasteiger partial charge in [0.15, 0.2) is 0 Å². The van der Waals surface area contributed by atoms with E-state index >= 15 is 0 Å². The highest BCUT2D eigenvalue weighted by Crippen LogP contribution is 2.25. The van der Waals surface area contributed by atoms with E-state index in [0.717, 1.165) is 5.92 Å². The Morgan fingerprint density at radius 1 is 1.00 bits per heavy atom. The van der Waals surface area contributed by atoms with Gasteiger partial charge in [-0.25, -0.2) is 0 Å². The van der Waals surface area contributed by atoms with Crippen molar-refractivity contribution in [2.45, 2.75) is 39.0 Å². The molecule has 1 aromatic rings. The van der Waals surface area contributed by atoms with Crippen molar-refractivity contribution in [2.24, 2.45) is 5.92 Å². The van der Waals surface area contributed by atoms with Gasteiger partial charge in [0, 0.05) is 0 Å². The van der Waals surface area contributed by atoms with Crippen LogP contribution in [0.4, 0.5) is 0 Å². The summed E-state index contributed by atoms with van der Waals surface area (Å²) >= 11 is 0. The zero-order valence-corrected chi connectivity index (χ0v) is 9.58. The Morgan fingerprint density at radius 3 is 2.33 bits per heavy atom. The summed E-state index contributed by atoms with van der Waals surface area (Å²) in [5.74, 6) is 0.833. The van der Waals surface area contributed by atoms with E-state index in [9.17, 15) is 0 Å². The van der Waals surface area contributed by atoms with Gasteiger partial charge in [-0.3, -0.25) is 0 Å². The highest BCUT2D eigenvalue weighted by atomic mass is 14.1. The minimum Gasteiger partial charge on any atom is -0.0808 e. The van der Waals surface area contributed by atoms with Gasteiger partial charge in [0.1, 0.15) is 0 Å². The highest BCUT2D eigenvalue weighted by molar-refractivity contribution is 5.49. The summed E-state index contributed by atoms with van der Waals surface area (Å²) in [5, 5.41) is 0. The summed E-state index contributed by atoms with van der Waals surface area (Å²) in [6.07, 6.45) is 11.8. The van der Waals surface area contributed by atoms with Crippen molar-refractivity contribution in [3.05, 3.63) is 41.5 Å². The minimum atomic E-state index is 0.833. The number of aryl methyl sites for hydroxylation is 1. The van der Waals surface area contributed by atoms with Gasteiger partial charge in [0.25, 0.3) is 0 Å². The topological polar surface area (TPSA) is 0 Å². The predicted octanol–water partition coefficient (Wildman–Crippen LogP) is 4.59. The van der Waals surface area contributed by atoms with Crippen LogP contribution in [0.5, 0.6) is 0 Å². The molecule has 1 aliphatic rings. The second-order valence-electron chi connectivity index (χ2n) is 4.67. The smallest absolute Gasteiger partial charge is 0.0230 e. The number of benzene rings is 1. The van der Waals surface area contributed by atoms with Crippen LogP contribution in [0.15, 0.2) is 30.3 Å². The average molecular weight is 200 g/mol. The van der Waals surface area contributed by atoms with Gasteiger partial charge in [-0.15, -0.1) is 0 Å². The molecule has 0 heteroatoms. The molecule has 0 heterocycles. The fourth-order valence-electron chi connectivity index (χ4n) is 2.25. The van der Waals surface area contributed by atoms with Crippen LogP contribution in [0.25, 0.3) is 6.08 Å². The van der Waals surface area contributed by atoms with Gasteiger partial charge >= 0.3 is 0 Å². The molecule has 1 fully saturated rings. The van der Waals surface area contributed by atoms with E-state index in [1.165, 1.54) is 43.2 Å². The summed E-state index contributed by atoms with van der Waals surface area (Å²) in [6.45, 7) is 2.13. The lowest BCUT2D eigenvalue weighted by Crippen LogP contribution is -2.02. The van der Waals surface area contributed by atoms with Gasteiger partial charge in [0.05, 0.1) is 0 Å². The van der Waals surface area contributed by atoms with Crippen molar-refractivity contribution in [1.82, 2.24) is 0 Å². The summed E-state index contributed by atoms with van der Waals surface area (Å²) < 4.78 is 0. The maximum Gasteiger partial charge on any atom is -0.0230 e. The molecule has 80 valence electrons. The molecule has 0 atom stereocenters. The van der Waals surface area contributed by atoms with Crippen molar-refractivity contribution in [2.75, 3.05) is 0 Å². The third-order valence-corrected chi connectivity index (χ3v) is 3.29. The summed E-state index contributed by atoms with van der Waals surface area (Å²) in [5.41, 5.74) is 2.68. The fraction of sp³-hybridized carbons (Fsp3) is 0.467. The van der Waals surface area contributed by atoms with Crippen molar-refractivity contribution in [3.8, 4) is 0 Å². The monoisotopic (exact) mass is 200 g/mol. The lowest BCUT2D eigenvalue weighted by atomic mass is 9.89. The molecule has 2 rings (SSSR count). The van der Waals surface area contributed by atoms with E-state index in [4.69, 9.17) is 0 Å². The first-order chi connectivity index (χ1) is 7.34. The van der Waals surface area contributed by atoms with Crippen LogP contribution >= 0.6 is 0 Å². The van der Waals surface area contributed by atoms with E-state index in [1.54, 1.807) is 0 Å². The van der Waals surface area contributed by atoms with E-state index in [2.05, 4.69) is 43.3 Å². The number of hydrogen-bond donors (Lipinski definition) is 0. The Morgan fingerprint density at radius 2 is 1.67 bits per heavy atom. The molecule has 1 saturated carbocycles. The Labute approximate surface area is 93.0 Å². The van der Waals surface area contributed by atoms with Crippen LogP contribution in [0.3, 0.4) is 0 Å². The SMILES string of the molecule is Cc1ccc(C=CC2CCCCC2)cc1. The number of allylic oxidation sites excluding steroid dienone is 1. The molecule has 1 aromatic carbocycles. The molecule has 0 aliphatic heterocycles. The van der Waals surface area contributed by atoms with E-state index in [0.29, 0.717) is 0 Å². The van der Waals surface area contributed by atoms with Crippen molar-refractivity contribution in [3.63, 3.8) is 0 Å². The van der Waals surface area contributed by atoms with Crippen LogP contribution in [-0.2, 0) is 0 Å². The third kappa shape index (κ3) is 3.23. The van der Waals surface area contributed by atoms with Crippen LogP contribution in [-0.4, -0.2) is 0 Å². The molecule has 0 saturated heterocycles. The van der Waals surface area contributed by atoms with Gasteiger partial charge in [-0.2, -0.15) is 0 Å². The van der Waals surface area contributed by atoms with Crippen molar-refractivity contribution < 1.29 is 0 Å². The molecule has 15 heavy (non-hydrogen) atoms. The highest BCUT2D eigenvalue weighted by Gasteiger charge is 2.09. The molecular formula is C15H20. The number of rotatable bonds is 2. The van der Waals surface area contributed by atoms with Crippen molar-refractivity contribution in [1.29, 1.82) is 0 Å². The average Bonchev–Trinajstić information content (AvgIpc) is 2.30. The minimum absolute atomic E-state index is 0.833. The quantitative estimate of drug-likeness (QED) is 0.655. The summed E-state index contributed by atoms with van der Waals surface area (Å²) in [4.78, 5) is 0. The first-order valence-corrected chi connectivity index (χ1v) is 6.09. The lowest BCUT2D eigenvalue weighted by Gasteiger charge is -2.17. The van der Waals surface area contributed by atoms with Crippen LogP contribution < -0.4 is 0 Å². The van der Waals surface area contributed by atoms with Crippen LogP contribution in [0.1, 0.15) is 43.2 Å². The lowest BCUT2D eigenvalue weighted by molar-refractivity contribution is 0.420. The molecule has 0 bridgehead atoms. The Hall–Kier alpha value is -1.04. The zero-order chi connectivity index (χ0) is 10.5. The molecule has 0 radical (unpaired) electrons. The Balaban J connectivity index is 1.95. The molecule has 0 N–H and O–H groups in total. The van der Waals surface area contributed by atoms with E-state index in [-0.39, 0.29) is 0 Å². The second-order valence-corrected chi connectivity index (χ2v) is 4.67.